The Kier molecular flexibility index (Phi) is 6.61. The summed E-state index contributed by atoms with van der Waals surface area (Å²) >= 11 is 1.57. The van der Waals surface area contributed by atoms with E-state index < -0.39 is 0 Å². The minimum Gasteiger partial charge on any atom is -0.493 e. The predicted octanol–water partition coefficient (Wildman–Crippen LogP) is 4.12. The Bertz CT molecular complexity index is 990. The van der Waals surface area contributed by atoms with Crippen LogP contribution in [-0.2, 0) is 24.3 Å². The summed E-state index contributed by atoms with van der Waals surface area (Å²) in [6.45, 7) is 3.06. The molecule has 156 valence electrons. The number of methoxy groups -OCH3 is 1. The number of carbonyl (C=O) groups excluding carboxylic acids is 1. The summed E-state index contributed by atoms with van der Waals surface area (Å²) in [7, 11) is 1.60. The van der Waals surface area contributed by atoms with Gasteiger partial charge in [-0.25, -0.2) is 4.98 Å². The summed E-state index contributed by atoms with van der Waals surface area (Å²) in [6.07, 6.45) is 1.16. The highest BCUT2D eigenvalue weighted by Crippen LogP contribution is 2.29. The second-order valence-electron chi connectivity index (χ2n) is 7.13. The van der Waals surface area contributed by atoms with E-state index in [-0.39, 0.29) is 18.9 Å². The molecule has 0 saturated carbocycles. The van der Waals surface area contributed by atoms with Crippen LogP contribution in [0.1, 0.15) is 22.6 Å². The third-order valence-corrected chi connectivity index (χ3v) is 5.96. The topological polar surface area (TPSA) is 63.7 Å². The first kappa shape index (κ1) is 20.4. The Morgan fingerprint density at radius 2 is 1.90 bits per heavy atom. The van der Waals surface area contributed by atoms with Crippen LogP contribution in [0.4, 0.5) is 5.13 Å². The van der Waals surface area contributed by atoms with Crippen LogP contribution in [0.25, 0.3) is 0 Å². The van der Waals surface area contributed by atoms with Crippen molar-refractivity contribution in [3.8, 4) is 11.5 Å². The number of nitrogens with zero attached hydrogens (tertiary/aromatic N) is 2. The van der Waals surface area contributed by atoms with Crippen LogP contribution in [0.2, 0.25) is 0 Å². The molecular formula is C23H25N3O3S. The van der Waals surface area contributed by atoms with Gasteiger partial charge in [0.1, 0.15) is 0 Å². The predicted molar refractivity (Wildman–Crippen MR) is 118 cm³/mol. The molecule has 2 aromatic carbocycles. The first-order chi connectivity index (χ1) is 14.7. The van der Waals surface area contributed by atoms with Crippen LogP contribution in [-0.4, -0.2) is 36.1 Å². The lowest BCUT2D eigenvalue weighted by molar-refractivity contribution is -0.116. The number of hydrogen-bond donors (Lipinski definition) is 1. The summed E-state index contributed by atoms with van der Waals surface area (Å²) < 4.78 is 10.9. The van der Waals surface area contributed by atoms with Crippen LogP contribution < -0.4 is 14.8 Å². The zero-order valence-corrected chi connectivity index (χ0v) is 17.8. The van der Waals surface area contributed by atoms with E-state index in [1.165, 1.54) is 10.4 Å². The number of thiazole rings is 1. The fraction of sp³-hybridized carbons (Fsp3) is 0.304. The van der Waals surface area contributed by atoms with Crippen molar-refractivity contribution < 1.29 is 14.3 Å². The van der Waals surface area contributed by atoms with Gasteiger partial charge in [-0.3, -0.25) is 9.69 Å². The Balaban J connectivity index is 1.27. The molecule has 1 amide bonds. The molecule has 1 aromatic heterocycles. The van der Waals surface area contributed by atoms with Gasteiger partial charge in [-0.15, -0.1) is 11.3 Å². The maximum atomic E-state index is 12.3. The number of benzene rings is 2. The van der Waals surface area contributed by atoms with Crippen molar-refractivity contribution >= 4 is 22.4 Å². The number of hydrogen-bond acceptors (Lipinski definition) is 6. The minimum atomic E-state index is -0.0999. The number of anilines is 1. The summed E-state index contributed by atoms with van der Waals surface area (Å²) in [5.41, 5.74) is 2.42. The molecule has 0 radical (unpaired) electrons. The van der Waals surface area contributed by atoms with Crippen LogP contribution in [0, 0.1) is 0 Å². The molecule has 2 heterocycles. The van der Waals surface area contributed by atoms with Gasteiger partial charge in [-0.1, -0.05) is 42.5 Å². The van der Waals surface area contributed by atoms with Crippen molar-refractivity contribution in [3.05, 3.63) is 70.7 Å². The maximum absolute atomic E-state index is 12.3. The van der Waals surface area contributed by atoms with Gasteiger partial charge in [0, 0.05) is 30.9 Å². The van der Waals surface area contributed by atoms with Gasteiger partial charge in [0.05, 0.1) is 25.8 Å². The zero-order chi connectivity index (χ0) is 20.8. The fourth-order valence-corrected chi connectivity index (χ4v) is 4.52. The minimum absolute atomic E-state index is 0.0999. The third-order valence-electron chi connectivity index (χ3n) is 4.96. The Hall–Kier alpha value is -2.90. The number of nitrogens with one attached hydrogen (secondary N) is 1. The summed E-state index contributed by atoms with van der Waals surface area (Å²) in [4.78, 5) is 20.6. The Morgan fingerprint density at radius 3 is 2.70 bits per heavy atom. The van der Waals surface area contributed by atoms with Gasteiger partial charge in [-0.2, -0.15) is 0 Å². The number of aromatic nitrogens is 1. The lowest BCUT2D eigenvalue weighted by Crippen LogP contribution is -2.29. The van der Waals surface area contributed by atoms with Gasteiger partial charge in [0.15, 0.2) is 16.6 Å². The van der Waals surface area contributed by atoms with E-state index in [1.54, 1.807) is 18.4 Å². The monoisotopic (exact) mass is 423 g/mol. The highest BCUT2D eigenvalue weighted by molar-refractivity contribution is 7.15. The standard InChI is InChI=1S/C23H25N3O3S/c1-28-19-9-5-6-10-20(19)29-14-12-22(27)25-23-24-18-11-13-26(16-21(18)30-23)15-17-7-3-2-4-8-17/h2-10H,11-16H2,1H3,(H,24,25,27). The van der Waals surface area contributed by atoms with Crippen molar-refractivity contribution in [3.63, 3.8) is 0 Å². The summed E-state index contributed by atoms with van der Waals surface area (Å²) in [6, 6.07) is 17.9. The normalized spacial score (nSPS) is 13.5. The molecule has 0 saturated heterocycles. The molecule has 1 aliphatic rings. The quantitative estimate of drug-likeness (QED) is 0.591. The van der Waals surface area contributed by atoms with E-state index in [1.807, 2.05) is 30.3 Å². The molecule has 30 heavy (non-hydrogen) atoms. The number of amides is 1. The lowest BCUT2D eigenvalue weighted by Gasteiger charge is -2.25. The molecule has 0 bridgehead atoms. The second kappa shape index (κ2) is 9.73. The van der Waals surface area contributed by atoms with Gasteiger partial charge >= 0.3 is 0 Å². The molecule has 0 fully saturated rings. The number of para-hydroxylation sites is 2. The molecular weight excluding hydrogens is 398 g/mol. The highest BCUT2D eigenvalue weighted by Gasteiger charge is 2.21. The first-order valence-corrected chi connectivity index (χ1v) is 10.8. The van der Waals surface area contributed by atoms with E-state index in [4.69, 9.17) is 9.47 Å². The van der Waals surface area contributed by atoms with Gasteiger partial charge in [0.25, 0.3) is 0 Å². The van der Waals surface area contributed by atoms with Crippen molar-refractivity contribution in [2.45, 2.75) is 25.9 Å². The van der Waals surface area contributed by atoms with Crippen LogP contribution >= 0.6 is 11.3 Å². The molecule has 0 spiro atoms. The number of fused-ring (bicyclic) bond motifs is 1. The van der Waals surface area contributed by atoms with E-state index in [0.29, 0.717) is 16.6 Å². The van der Waals surface area contributed by atoms with Crippen molar-refractivity contribution in [2.75, 3.05) is 25.6 Å². The van der Waals surface area contributed by atoms with Gasteiger partial charge in [0.2, 0.25) is 5.91 Å². The number of rotatable bonds is 8. The first-order valence-electron chi connectivity index (χ1n) is 10.0. The fourth-order valence-electron chi connectivity index (χ4n) is 3.45. The molecule has 1 aliphatic heterocycles. The zero-order valence-electron chi connectivity index (χ0n) is 17.0. The van der Waals surface area contributed by atoms with Gasteiger partial charge in [-0.05, 0) is 17.7 Å². The molecule has 0 aliphatic carbocycles. The summed E-state index contributed by atoms with van der Waals surface area (Å²) in [5, 5.41) is 3.59. The Morgan fingerprint density at radius 1 is 1.13 bits per heavy atom. The molecule has 0 atom stereocenters. The smallest absolute Gasteiger partial charge is 0.229 e. The van der Waals surface area contributed by atoms with Crippen molar-refractivity contribution in [2.24, 2.45) is 0 Å². The second-order valence-corrected chi connectivity index (χ2v) is 8.22. The number of ether oxygens (including phenoxy) is 2. The molecule has 6 nitrogen and oxygen atoms in total. The molecule has 1 N–H and O–H groups in total. The average molecular weight is 424 g/mol. The highest BCUT2D eigenvalue weighted by atomic mass is 32.1. The van der Waals surface area contributed by atoms with Crippen molar-refractivity contribution in [1.82, 2.24) is 9.88 Å². The van der Waals surface area contributed by atoms with Crippen molar-refractivity contribution in [1.29, 1.82) is 0 Å². The maximum Gasteiger partial charge on any atom is 0.229 e. The molecule has 0 unspecified atom stereocenters. The van der Waals surface area contributed by atoms with Gasteiger partial charge < -0.3 is 14.8 Å². The van der Waals surface area contributed by atoms with E-state index in [0.717, 1.165) is 31.7 Å². The molecule has 3 aromatic rings. The molecule has 4 rings (SSSR count). The Labute approximate surface area is 180 Å². The van der Waals surface area contributed by atoms with Crippen LogP contribution in [0.15, 0.2) is 54.6 Å². The van der Waals surface area contributed by atoms with E-state index in [2.05, 4.69) is 39.5 Å². The number of carbonyl (C=O) groups is 1. The third kappa shape index (κ3) is 5.17. The van der Waals surface area contributed by atoms with E-state index in [9.17, 15) is 4.79 Å². The lowest BCUT2D eigenvalue weighted by atomic mass is 10.1. The largest absolute Gasteiger partial charge is 0.493 e. The van der Waals surface area contributed by atoms with Crippen LogP contribution in [0.5, 0.6) is 11.5 Å². The van der Waals surface area contributed by atoms with Crippen LogP contribution in [0.3, 0.4) is 0 Å². The molecule has 7 heteroatoms. The summed E-state index contributed by atoms with van der Waals surface area (Å²) in [5.74, 6) is 1.19. The average Bonchev–Trinajstić information content (AvgIpc) is 3.16. The SMILES string of the molecule is COc1ccccc1OCCC(=O)Nc1nc2c(s1)CN(Cc1ccccc1)CC2. The van der Waals surface area contributed by atoms with E-state index >= 15 is 0 Å².